The van der Waals surface area contributed by atoms with Crippen LogP contribution in [0.25, 0.3) is 0 Å². The summed E-state index contributed by atoms with van der Waals surface area (Å²) in [4.78, 5) is 28.8. The molecule has 1 aromatic rings. The first kappa shape index (κ1) is 15.1. The number of hydrogen-bond donors (Lipinski definition) is 0. The van der Waals surface area contributed by atoms with E-state index in [0.717, 1.165) is 37.9 Å². The van der Waals surface area contributed by atoms with Crippen LogP contribution in [-0.4, -0.2) is 35.8 Å². The van der Waals surface area contributed by atoms with Gasteiger partial charge in [-0.3, -0.25) is 9.59 Å². The molecule has 0 bridgehead atoms. The standard InChI is InChI=1S/C18H24N2O2/c1-2-15-8-5-6-11-19(15)17(21)13-18(22)20-12-10-14-7-3-4-9-16(14)20/h3-4,7,9,15H,2,5-6,8,10-13H2,1H3. The minimum Gasteiger partial charge on any atom is -0.339 e. The third-order valence-corrected chi connectivity index (χ3v) is 4.91. The number of fused-ring (bicyclic) bond motifs is 1. The van der Waals surface area contributed by atoms with Crippen molar-refractivity contribution >= 4 is 17.5 Å². The number of rotatable bonds is 3. The Kier molecular flexibility index (Phi) is 4.46. The molecule has 2 heterocycles. The summed E-state index contributed by atoms with van der Waals surface area (Å²) >= 11 is 0. The molecule has 0 aliphatic carbocycles. The van der Waals surface area contributed by atoms with Crippen molar-refractivity contribution in [2.45, 2.75) is 51.5 Å². The number of hydrogen-bond acceptors (Lipinski definition) is 2. The molecule has 0 aromatic heterocycles. The van der Waals surface area contributed by atoms with Crippen LogP contribution in [0.3, 0.4) is 0 Å². The molecule has 118 valence electrons. The lowest BCUT2D eigenvalue weighted by atomic mass is 9.99. The number of benzene rings is 1. The van der Waals surface area contributed by atoms with E-state index in [2.05, 4.69) is 13.0 Å². The first-order chi connectivity index (χ1) is 10.7. The first-order valence-corrected chi connectivity index (χ1v) is 8.38. The summed E-state index contributed by atoms with van der Waals surface area (Å²) in [5.41, 5.74) is 2.18. The predicted molar refractivity (Wildman–Crippen MR) is 86.8 cm³/mol. The highest BCUT2D eigenvalue weighted by atomic mass is 16.2. The monoisotopic (exact) mass is 300 g/mol. The number of nitrogens with zero attached hydrogens (tertiary/aromatic N) is 2. The summed E-state index contributed by atoms with van der Waals surface area (Å²) in [6.07, 6.45) is 5.19. The van der Waals surface area contributed by atoms with Gasteiger partial charge >= 0.3 is 0 Å². The number of carbonyl (C=O) groups is 2. The van der Waals surface area contributed by atoms with E-state index < -0.39 is 0 Å². The van der Waals surface area contributed by atoms with Crippen LogP contribution in [0.1, 0.15) is 44.6 Å². The zero-order valence-electron chi connectivity index (χ0n) is 13.3. The summed E-state index contributed by atoms with van der Waals surface area (Å²) in [6, 6.07) is 8.30. The van der Waals surface area contributed by atoms with Gasteiger partial charge in [-0.1, -0.05) is 25.1 Å². The van der Waals surface area contributed by atoms with E-state index >= 15 is 0 Å². The number of piperidine rings is 1. The molecule has 2 aliphatic rings. The first-order valence-electron chi connectivity index (χ1n) is 8.38. The molecule has 0 N–H and O–H groups in total. The molecule has 1 unspecified atom stereocenters. The molecule has 0 spiro atoms. The average Bonchev–Trinajstić information content (AvgIpc) is 2.98. The largest absolute Gasteiger partial charge is 0.339 e. The van der Waals surface area contributed by atoms with Gasteiger partial charge in [0.15, 0.2) is 0 Å². The van der Waals surface area contributed by atoms with E-state index in [1.807, 2.05) is 23.1 Å². The number of para-hydroxylation sites is 1. The minimum absolute atomic E-state index is 0.000862. The number of likely N-dealkylation sites (tertiary alicyclic amines) is 1. The van der Waals surface area contributed by atoms with Crippen molar-refractivity contribution in [3.8, 4) is 0 Å². The van der Waals surface area contributed by atoms with Crippen LogP contribution in [0.15, 0.2) is 24.3 Å². The summed E-state index contributed by atoms with van der Waals surface area (Å²) in [5.74, 6) is -0.0590. The second kappa shape index (κ2) is 6.51. The van der Waals surface area contributed by atoms with Gasteiger partial charge in [0.1, 0.15) is 6.42 Å². The fourth-order valence-electron chi connectivity index (χ4n) is 3.68. The zero-order chi connectivity index (χ0) is 15.5. The molecule has 0 saturated carbocycles. The number of carbonyl (C=O) groups excluding carboxylic acids is 2. The highest BCUT2D eigenvalue weighted by Crippen LogP contribution is 2.28. The number of amides is 2. The topological polar surface area (TPSA) is 40.6 Å². The van der Waals surface area contributed by atoms with Gasteiger partial charge in [-0.2, -0.15) is 0 Å². The summed E-state index contributed by atoms with van der Waals surface area (Å²) in [6.45, 7) is 3.62. The molecular formula is C18H24N2O2. The highest BCUT2D eigenvalue weighted by molar-refractivity contribution is 6.06. The lowest BCUT2D eigenvalue weighted by molar-refractivity contribution is -0.138. The van der Waals surface area contributed by atoms with Gasteiger partial charge in [-0.15, -0.1) is 0 Å². The molecule has 3 rings (SSSR count). The third kappa shape index (κ3) is 2.87. The zero-order valence-corrected chi connectivity index (χ0v) is 13.3. The van der Waals surface area contributed by atoms with Gasteiger partial charge in [0, 0.05) is 24.8 Å². The Balaban J connectivity index is 1.66. The van der Waals surface area contributed by atoms with Gasteiger partial charge in [-0.05, 0) is 43.7 Å². The maximum absolute atomic E-state index is 12.5. The second-order valence-electron chi connectivity index (χ2n) is 6.25. The van der Waals surface area contributed by atoms with E-state index in [1.54, 1.807) is 4.90 Å². The Labute approximate surface area is 132 Å². The van der Waals surface area contributed by atoms with Crippen LogP contribution in [0.5, 0.6) is 0 Å². The summed E-state index contributed by atoms with van der Waals surface area (Å²) in [7, 11) is 0. The Hall–Kier alpha value is -1.84. The van der Waals surface area contributed by atoms with Crippen molar-refractivity contribution in [1.82, 2.24) is 4.90 Å². The average molecular weight is 300 g/mol. The van der Waals surface area contributed by atoms with Crippen molar-refractivity contribution in [1.29, 1.82) is 0 Å². The fraction of sp³-hybridized carbons (Fsp3) is 0.556. The van der Waals surface area contributed by atoms with Crippen LogP contribution in [0.2, 0.25) is 0 Å². The summed E-state index contributed by atoms with van der Waals surface area (Å²) in [5, 5.41) is 0. The quantitative estimate of drug-likeness (QED) is 0.805. The van der Waals surface area contributed by atoms with Crippen LogP contribution >= 0.6 is 0 Å². The van der Waals surface area contributed by atoms with E-state index in [-0.39, 0.29) is 18.2 Å². The van der Waals surface area contributed by atoms with Gasteiger partial charge in [0.05, 0.1) is 0 Å². The summed E-state index contributed by atoms with van der Waals surface area (Å²) < 4.78 is 0. The molecule has 1 atom stereocenters. The third-order valence-electron chi connectivity index (χ3n) is 4.91. The molecule has 22 heavy (non-hydrogen) atoms. The Bertz CT molecular complexity index is 570. The lowest BCUT2D eigenvalue weighted by Gasteiger charge is -2.35. The molecule has 1 fully saturated rings. The Morgan fingerprint density at radius 2 is 1.95 bits per heavy atom. The van der Waals surface area contributed by atoms with E-state index in [1.165, 1.54) is 12.0 Å². The molecule has 4 heteroatoms. The predicted octanol–water partition coefficient (Wildman–Crippen LogP) is 2.76. The normalized spacial score (nSPS) is 20.9. The van der Waals surface area contributed by atoms with Crippen LogP contribution in [0, 0.1) is 0 Å². The van der Waals surface area contributed by atoms with E-state index in [4.69, 9.17) is 0 Å². The smallest absolute Gasteiger partial charge is 0.236 e. The second-order valence-corrected chi connectivity index (χ2v) is 6.25. The fourth-order valence-corrected chi connectivity index (χ4v) is 3.68. The molecule has 4 nitrogen and oxygen atoms in total. The van der Waals surface area contributed by atoms with Gasteiger partial charge in [-0.25, -0.2) is 0 Å². The Morgan fingerprint density at radius 3 is 2.77 bits per heavy atom. The van der Waals surface area contributed by atoms with E-state index in [0.29, 0.717) is 12.6 Å². The minimum atomic E-state index is -0.0598. The maximum atomic E-state index is 12.5. The highest BCUT2D eigenvalue weighted by Gasteiger charge is 2.30. The van der Waals surface area contributed by atoms with Crippen LogP contribution in [0.4, 0.5) is 5.69 Å². The van der Waals surface area contributed by atoms with Crippen molar-refractivity contribution in [2.24, 2.45) is 0 Å². The van der Waals surface area contributed by atoms with Crippen molar-refractivity contribution < 1.29 is 9.59 Å². The molecule has 2 aliphatic heterocycles. The van der Waals surface area contributed by atoms with Crippen molar-refractivity contribution in [2.75, 3.05) is 18.0 Å². The van der Waals surface area contributed by atoms with Gasteiger partial charge < -0.3 is 9.80 Å². The van der Waals surface area contributed by atoms with E-state index in [9.17, 15) is 9.59 Å². The molecular weight excluding hydrogens is 276 g/mol. The molecule has 1 saturated heterocycles. The lowest BCUT2D eigenvalue weighted by Crippen LogP contribution is -2.45. The van der Waals surface area contributed by atoms with Crippen LogP contribution < -0.4 is 4.90 Å². The van der Waals surface area contributed by atoms with Crippen molar-refractivity contribution in [3.63, 3.8) is 0 Å². The number of anilines is 1. The van der Waals surface area contributed by atoms with Crippen LogP contribution in [-0.2, 0) is 16.0 Å². The maximum Gasteiger partial charge on any atom is 0.236 e. The molecule has 0 radical (unpaired) electrons. The molecule has 1 aromatic carbocycles. The van der Waals surface area contributed by atoms with Gasteiger partial charge in [0.2, 0.25) is 11.8 Å². The molecule has 2 amide bonds. The van der Waals surface area contributed by atoms with Crippen molar-refractivity contribution in [3.05, 3.63) is 29.8 Å². The SMILES string of the molecule is CCC1CCCCN1C(=O)CC(=O)N1CCc2ccccc21. The Morgan fingerprint density at radius 1 is 1.14 bits per heavy atom. The van der Waals surface area contributed by atoms with Gasteiger partial charge in [0.25, 0.3) is 0 Å².